The minimum atomic E-state index is -2.46. The van der Waals surface area contributed by atoms with E-state index in [1.54, 1.807) is 6.92 Å². The van der Waals surface area contributed by atoms with Gasteiger partial charge in [0.05, 0.1) is 6.61 Å². The van der Waals surface area contributed by atoms with Crippen molar-refractivity contribution in [3.05, 3.63) is 32.6 Å². The first-order valence-corrected chi connectivity index (χ1v) is 24.0. The van der Waals surface area contributed by atoms with Crippen LogP contribution in [0.5, 0.6) is 0 Å². The predicted octanol–water partition coefficient (Wildman–Crippen LogP) is 6.10. The van der Waals surface area contributed by atoms with Gasteiger partial charge in [0.1, 0.15) is 24.9 Å². The molecule has 4 unspecified atom stereocenters. The molecule has 10 nitrogen and oxygen atoms in total. The summed E-state index contributed by atoms with van der Waals surface area (Å²) < 4.78 is 29.7. The average Bonchev–Trinajstić information content (AvgIpc) is 3.11. The van der Waals surface area contributed by atoms with Gasteiger partial charge in [0.25, 0.3) is 5.56 Å². The van der Waals surface area contributed by atoms with Gasteiger partial charge in [0.2, 0.25) is 0 Å². The maximum atomic E-state index is 13.8. The molecular weight excluding hydrogens is 601 g/mol. The number of carboxylic acids is 1. The van der Waals surface area contributed by atoms with Crippen molar-refractivity contribution < 1.29 is 27.9 Å². The molecule has 43 heavy (non-hydrogen) atoms. The number of aryl methyl sites for hydroxylation is 1. The zero-order chi connectivity index (χ0) is 33.7. The van der Waals surface area contributed by atoms with Gasteiger partial charge in [0, 0.05) is 11.8 Å². The van der Waals surface area contributed by atoms with Crippen molar-refractivity contribution in [3.8, 4) is 0 Å². The second-order valence-corrected chi connectivity index (χ2v) is 30.9. The number of rotatable bonds is 10. The average molecular weight is 659 g/mol. The van der Waals surface area contributed by atoms with Crippen molar-refractivity contribution in [3.63, 3.8) is 0 Å². The van der Waals surface area contributed by atoms with E-state index in [1.165, 1.54) is 10.8 Å². The van der Waals surface area contributed by atoms with Gasteiger partial charge in [-0.15, -0.1) is 0 Å². The van der Waals surface area contributed by atoms with Crippen molar-refractivity contribution in [2.24, 2.45) is 0 Å². The van der Waals surface area contributed by atoms with E-state index in [2.05, 4.69) is 102 Å². The van der Waals surface area contributed by atoms with E-state index >= 15 is 0 Å². The number of aliphatic carboxylic acids is 1. The number of hydrogen-bond donors (Lipinski definition) is 1. The van der Waals surface area contributed by atoms with E-state index in [1.807, 2.05) is 0 Å². The lowest BCUT2D eigenvalue weighted by Gasteiger charge is -2.44. The Kier molecular flexibility index (Phi) is 10.9. The Labute approximate surface area is 261 Å². The minimum absolute atomic E-state index is 0.0296. The lowest BCUT2D eigenvalue weighted by Crippen LogP contribution is -2.55. The molecule has 1 aromatic heterocycles. The Morgan fingerprint density at radius 2 is 1.28 bits per heavy atom. The van der Waals surface area contributed by atoms with Crippen molar-refractivity contribution in [1.82, 2.24) is 9.13 Å². The molecule has 0 saturated carbocycles. The summed E-state index contributed by atoms with van der Waals surface area (Å²) in [6.07, 6.45) is -1.32. The zero-order valence-electron chi connectivity index (χ0n) is 29.5. The SMILES string of the molecule is Cc1cn(C2OC(CO[Si](C)(C)C(C)(C)C)C(O[Si](C)(C)C(C)(C)C)C2O[Si](C)(C)C(C)(C)C)c(=O)n(CC(=O)O)c1=O. The summed E-state index contributed by atoms with van der Waals surface area (Å²) >= 11 is 0. The molecule has 1 fully saturated rings. The Morgan fingerprint density at radius 1 is 0.837 bits per heavy atom. The van der Waals surface area contributed by atoms with Crippen LogP contribution in [0.1, 0.15) is 74.1 Å². The quantitative estimate of drug-likeness (QED) is 0.300. The number of nitrogens with zero attached hydrogens (tertiary/aromatic N) is 2. The fourth-order valence-corrected chi connectivity index (χ4v) is 7.71. The molecule has 0 aliphatic carbocycles. The third-order valence-electron chi connectivity index (χ3n) is 10.1. The number of hydrogen-bond acceptors (Lipinski definition) is 7. The van der Waals surface area contributed by atoms with E-state index in [-0.39, 0.29) is 27.3 Å². The Balaban J connectivity index is 2.82. The summed E-state index contributed by atoms with van der Waals surface area (Å²) in [6.45, 7) is 33.6. The van der Waals surface area contributed by atoms with Crippen molar-refractivity contribution >= 4 is 30.9 Å². The first kappa shape index (κ1) is 37.8. The molecule has 2 rings (SSSR count). The summed E-state index contributed by atoms with van der Waals surface area (Å²) in [5.74, 6) is -1.28. The van der Waals surface area contributed by atoms with Gasteiger partial charge >= 0.3 is 11.7 Å². The van der Waals surface area contributed by atoms with Gasteiger partial charge in [-0.05, 0) is 61.3 Å². The van der Waals surface area contributed by atoms with E-state index in [0.29, 0.717) is 0 Å². The molecule has 0 bridgehead atoms. The Hall–Kier alpha value is -1.36. The van der Waals surface area contributed by atoms with Crippen molar-refractivity contribution in [1.29, 1.82) is 0 Å². The van der Waals surface area contributed by atoms with Gasteiger partial charge in [0.15, 0.2) is 31.2 Å². The lowest BCUT2D eigenvalue weighted by molar-refractivity contribution is -0.137. The van der Waals surface area contributed by atoms with Gasteiger partial charge < -0.3 is 23.1 Å². The van der Waals surface area contributed by atoms with Gasteiger partial charge in [-0.1, -0.05) is 62.3 Å². The molecule has 1 aliphatic rings. The van der Waals surface area contributed by atoms with E-state index in [4.69, 9.17) is 18.0 Å². The van der Waals surface area contributed by atoms with Crippen LogP contribution in [0, 0.1) is 6.92 Å². The first-order valence-electron chi connectivity index (χ1n) is 15.2. The molecule has 248 valence electrons. The van der Waals surface area contributed by atoms with Crippen LogP contribution in [-0.4, -0.2) is 70.1 Å². The summed E-state index contributed by atoms with van der Waals surface area (Å²) in [6, 6.07) is 0. The molecule has 13 heteroatoms. The molecule has 4 atom stereocenters. The molecule has 0 spiro atoms. The van der Waals surface area contributed by atoms with E-state index in [9.17, 15) is 19.5 Å². The lowest BCUT2D eigenvalue weighted by atomic mass is 10.1. The molecule has 1 aliphatic heterocycles. The maximum Gasteiger partial charge on any atom is 0.333 e. The molecule has 1 aromatic rings. The highest BCUT2D eigenvalue weighted by atomic mass is 28.4. The topological polar surface area (TPSA) is 118 Å². The Morgan fingerprint density at radius 3 is 1.70 bits per heavy atom. The number of carboxylic acid groups (broad SMARTS) is 1. The van der Waals surface area contributed by atoms with E-state index < -0.39 is 73.3 Å². The number of ether oxygens (including phenoxy) is 1. The molecule has 2 heterocycles. The molecule has 0 aromatic carbocycles. The summed E-state index contributed by atoms with van der Waals surface area (Å²) in [5.41, 5.74) is -1.17. The molecule has 0 amide bonds. The Bertz CT molecular complexity index is 1280. The largest absolute Gasteiger partial charge is 0.480 e. The molecule has 1 saturated heterocycles. The highest BCUT2D eigenvalue weighted by molar-refractivity contribution is 6.75. The van der Waals surface area contributed by atoms with Crippen LogP contribution in [-0.2, 0) is 29.4 Å². The third kappa shape index (κ3) is 8.27. The van der Waals surface area contributed by atoms with Crippen LogP contribution in [0.3, 0.4) is 0 Å². The third-order valence-corrected chi connectivity index (χ3v) is 23.6. The fraction of sp³-hybridized carbons (Fsp3) is 0.833. The molecule has 0 radical (unpaired) electrons. The van der Waals surface area contributed by atoms with E-state index in [0.717, 1.165) is 4.57 Å². The van der Waals surface area contributed by atoms with Crippen LogP contribution in [0.25, 0.3) is 0 Å². The van der Waals surface area contributed by atoms with Crippen molar-refractivity contribution in [2.45, 2.75) is 155 Å². The number of aromatic nitrogens is 2. The minimum Gasteiger partial charge on any atom is -0.480 e. The fourth-order valence-electron chi connectivity index (χ4n) is 4.09. The monoisotopic (exact) mass is 658 g/mol. The van der Waals surface area contributed by atoms with Gasteiger partial charge in [-0.25, -0.2) is 9.36 Å². The first-order chi connectivity index (χ1) is 19.0. The smallest absolute Gasteiger partial charge is 0.333 e. The normalized spacial score (nSPS) is 22.7. The maximum absolute atomic E-state index is 13.8. The van der Waals surface area contributed by atoms with Crippen LogP contribution in [0.15, 0.2) is 15.8 Å². The van der Waals surface area contributed by atoms with Crippen LogP contribution in [0.2, 0.25) is 54.4 Å². The summed E-state index contributed by atoms with van der Waals surface area (Å²) in [7, 11) is -7.04. The molecule has 1 N–H and O–H groups in total. The predicted molar refractivity (Wildman–Crippen MR) is 179 cm³/mol. The standard InChI is InChI=1S/C30H58N2O8Si3/c1-20-17-32(27(36)31(25(20)35)18-22(33)34)26-24(40-43(15,16)30(8,9)10)23(39-42(13,14)29(5,6)7)21(38-26)19-37-41(11,12)28(2,3)4/h17,21,23-24,26H,18-19H2,1-16H3,(H,33,34). The summed E-state index contributed by atoms with van der Waals surface area (Å²) in [5, 5.41) is 9.17. The van der Waals surface area contributed by atoms with Crippen LogP contribution < -0.4 is 11.2 Å². The van der Waals surface area contributed by atoms with Gasteiger partial charge in [-0.2, -0.15) is 0 Å². The highest BCUT2D eigenvalue weighted by Crippen LogP contribution is 2.46. The van der Waals surface area contributed by atoms with Crippen molar-refractivity contribution in [2.75, 3.05) is 6.61 Å². The summed E-state index contributed by atoms with van der Waals surface area (Å²) in [4.78, 5) is 38.2. The second-order valence-electron chi connectivity index (χ2n) is 16.6. The highest BCUT2D eigenvalue weighted by Gasteiger charge is 2.55. The van der Waals surface area contributed by atoms with Crippen LogP contribution >= 0.6 is 0 Å². The van der Waals surface area contributed by atoms with Gasteiger partial charge in [-0.3, -0.25) is 14.2 Å². The molecular formula is C30H58N2O8Si3. The second kappa shape index (κ2) is 12.4. The van der Waals surface area contributed by atoms with Crippen LogP contribution in [0.4, 0.5) is 0 Å². The zero-order valence-corrected chi connectivity index (χ0v) is 32.5. The number of carbonyl (C=O) groups is 1.